The highest BCUT2D eigenvalue weighted by Gasteiger charge is 2.12. The number of hydrogen-bond donors (Lipinski definition) is 2. The molecule has 0 spiro atoms. The van der Waals surface area contributed by atoms with Crippen molar-refractivity contribution >= 4 is 5.91 Å². The first-order valence-electron chi connectivity index (χ1n) is 8.41. The van der Waals surface area contributed by atoms with E-state index in [9.17, 15) is 4.79 Å². The Morgan fingerprint density at radius 2 is 1.95 bits per heavy atom. The lowest BCUT2D eigenvalue weighted by Crippen LogP contribution is -2.35. The van der Waals surface area contributed by atoms with Crippen LogP contribution in [0.2, 0.25) is 0 Å². The van der Waals surface area contributed by atoms with E-state index in [1.54, 1.807) is 7.11 Å². The van der Waals surface area contributed by atoms with Crippen molar-refractivity contribution in [2.45, 2.75) is 51.0 Å². The molecule has 122 valence electrons. The van der Waals surface area contributed by atoms with Crippen LogP contribution in [0.15, 0.2) is 24.3 Å². The molecule has 1 fully saturated rings. The van der Waals surface area contributed by atoms with Gasteiger partial charge in [-0.25, -0.2) is 0 Å². The van der Waals surface area contributed by atoms with E-state index < -0.39 is 0 Å². The first-order chi connectivity index (χ1) is 10.8. The molecule has 4 heteroatoms. The maximum absolute atomic E-state index is 11.8. The molecule has 1 aliphatic carbocycles. The number of rotatable bonds is 8. The second-order valence-corrected chi connectivity index (χ2v) is 5.95. The van der Waals surface area contributed by atoms with Crippen LogP contribution >= 0.6 is 0 Å². The van der Waals surface area contributed by atoms with Gasteiger partial charge in [0.15, 0.2) is 0 Å². The van der Waals surface area contributed by atoms with E-state index in [2.05, 4.69) is 10.6 Å². The Kier molecular flexibility index (Phi) is 7.23. The van der Waals surface area contributed by atoms with E-state index in [4.69, 9.17) is 4.74 Å². The van der Waals surface area contributed by atoms with Gasteiger partial charge in [0.1, 0.15) is 5.75 Å². The van der Waals surface area contributed by atoms with Gasteiger partial charge in [0, 0.05) is 25.6 Å². The van der Waals surface area contributed by atoms with Crippen molar-refractivity contribution in [1.29, 1.82) is 0 Å². The standard InChI is InChI=1S/C18H28N2O2/c1-22-17-10-6-5-7-15(17)11-13-20-18(21)12-14-19-16-8-3-2-4-9-16/h5-7,10,16,19H,2-4,8-9,11-14H2,1H3,(H,20,21). The zero-order valence-electron chi connectivity index (χ0n) is 13.6. The maximum atomic E-state index is 11.8. The van der Waals surface area contributed by atoms with Crippen molar-refractivity contribution in [3.8, 4) is 5.75 Å². The SMILES string of the molecule is COc1ccccc1CCNC(=O)CCNC1CCCCC1. The molecule has 0 atom stereocenters. The lowest BCUT2D eigenvalue weighted by atomic mass is 9.95. The number of carbonyl (C=O) groups excluding carboxylic acids is 1. The summed E-state index contributed by atoms with van der Waals surface area (Å²) >= 11 is 0. The van der Waals surface area contributed by atoms with E-state index >= 15 is 0 Å². The molecule has 0 aromatic heterocycles. The van der Waals surface area contributed by atoms with Gasteiger partial charge >= 0.3 is 0 Å². The number of nitrogens with one attached hydrogen (secondary N) is 2. The van der Waals surface area contributed by atoms with Crippen molar-refractivity contribution in [2.24, 2.45) is 0 Å². The van der Waals surface area contributed by atoms with Crippen molar-refractivity contribution in [2.75, 3.05) is 20.2 Å². The molecule has 2 rings (SSSR count). The molecule has 1 amide bonds. The van der Waals surface area contributed by atoms with Crippen LogP contribution in [0.5, 0.6) is 5.75 Å². The number of ether oxygens (including phenoxy) is 1. The quantitative estimate of drug-likeness (QED) is 0.776. The number of methoxy groups -OCH3 is 1. The molecule has 2 N–H and O–H groups in total. The Hall–Kier alpha value is -1.55. The summed E-state index contributed by atoms with van der Waals surface area (Å²) in [5, 5.41) is 6.48. The lowest BCUT2D eigenvalue weighted by molar-refractivity contribution is -0.121. The van der Waals surface area contributed by atoms with Crippen LogP contribution in [-0.4, -0.2) is 32.1 Å². The number of carbonyl (C=O) groups is 1. The molecule has 0 radical (unpaired) electrons. The first kappa shape index (κ1) is 16.8. The van der Waals surface area contributed by atoms with Crippen LogP contribution in [0.4, 0.5) is 0 Å². The largest absolute Gasteiger partial charge is 0.496 e. The van der Waals surface area contributed by atoms with Crippen molar-refractivity contribution in [3.63, 3.8) is 0 Å². The van der Waals surface area contributed by atoms with E-state index in [1.807, 2.05) is 24.3 Å². The van der Waals surface area contributed by atoms with Gasteiger partial charge in [0.2, 0.25) is 5.91 Å². The predicted octanol–water partition coefficient (Wildman–Crippen LogP) is 2.67. The molecule has 0 unspecified atom stereocenters. The summed E-state index contributed by atoms with van der Waals surface area (Å²) in [5.41, 5.74) is 1.13. The summed E-state index contributed by atoms with van der Waals surface area (Å²) in [4.78, 5) is 11.8. The predicted molar refractivity (Wildman–Crippen MR) is 89.2 cm³/mol. The molecule has 1 aliphatic rings. The average molecular weight is 304 g/mol. The fourth-order valence-corrected chi connectivity index (χ4v) is 3.03. The van der Waals surface area contributed by atoms with E-state index in [1.165, 1.54) is 32.1 Å². The van der Waals surface area contributed by atoms with E-state index in [0.717, 1.165) is 24.3 Å². The van der Waals surface area contributed by atoms with Gasteiger partial charge in [-0.3, -0.25) is 4.79 Å². The molecule has 4 nitrogen and oxygen atoms in total. The zero-order valence-corrected chi connectivity index (χ0v) is 13.6. The van der Waals surface area contributed by atoms with Crippen LogP contribution < -0.4 is 15.4 Å². The van der Waals surface area contributed by atoms with Crippen molar-refractivity contribution in [3.05, 3.63) is 29.8 Å². The molecule has 1 aromatic carbocycles. The molecule has 22 heavy (non-hydrogen) atoms. The maximum Gasteiger partial charge on any atom is 0.221 e. The van der Waals surface area contributed by atoms with Crippen LogP contribution in [0, 0.1) is 0 Å². The van der Waals surface area contributed by atoms with Crippen molar-refractivity contribution < 1.29 is 9.53 Å². The highest BCUT2D eigenvalue weighted by atomic mass is 16.5. The molecule has 1 saturated carbocycles. The third kappa shape index (κ3) is 5.68. The van der Waals surface area contributed by atoms with Gasteiger partial charge in [0.05, 0.1) is 7.11 Å². The Balaban J connectivity index is 1.59. The molecule has 0 heterocycles. The minimum Gasteiger partial charge on any atom is -0.496 e. The number of benzene rings is 1. The first-order valence-corrected chi connectivity index (χ1v) is 8.41. The Morgan fingerprint density at radius 3 is 2.73 bits per heavy atom. The van der Waals surface area contributed by atoms with E-state index in [0.29, 0.717) is 19.0 Å². The molecule has 0 bridgehead atoms. The molecule has 0 aliphatic heterocycles. The minimum absolute atomic E-state index is 0.123. The van der Waals surface area contributed by atoms with Gasteiger partial charge < -0.3 is 15.4 Å². The summed E-state index contributed by atoms with van der Waals surface area (Å²) in [7, 11) is 1.67. The summed E-state index contributed by atoms with van der Waals surface area (Å²) < 4.78 is 5.31. The minimum atomic E-state index is 0.123. The van der Waals surface area contributed by atoms with Crippen LogP contribution in [0.1, 0.15) is 44.1 Å². The molecular weight excluding hydrogens is 276 g/mol. The van der Waals surface area contributed by atoms with Gasteiger partial charge in [-0.05, 0) is 30.9 Å². The Bertz CT molecular complexity index is 456. The molecule has 1 aromatic rings. The Morgan fingerprint density at radius 1 is 1.18 bits per heavy atom. The third-order valence-corrected chi connectivity index (χ3v) is 4.30. The number of hydrogen-bond acceptors (Lipinski definition) is 3. The lowest BCUT2D eigenvalue weighted by Gasteiger charge is -2.22. The molecule has 0 saturated heterocycles. The second-order valence-electron chi connectivity index (χ2n) is 5.95. The van der Waals surface area contributed by atoms with Crippen molar-refractivity contribution in [1.82, 2.24) is 10.6 Å². The van der Waals surface area contributed by atoms with Gasteiger partial charge in [-0.15, -0.1) is 0 Å². The summed E-state index contributed by atoms with van der Waals surface area (Å²) in [6, 6.07) is 8.56. The monoisotopic (exact) mass is 304 g/mol. The summed E-state index contributed by atoms with van der Waals surface area (Å²) in [6.07, 6.45) is 7.88. The second kappa shape index (κ2) is 9.46. The number of para-hydroxylation sites is 1. The number of amides is 1. The summed E-state index contributed by atoms with van der Waals surface area (Å²) in [6.45, 7) is 1.44. The topological polar surface area (TPSA) is 50.4 Å². The van der Waals surface area contributed by atoms with Crippen LogP contribution in [0.25, 0.3) is 0 Å². The van der Waals surface area contributed by atoms with Gasteiger partial charge in [-0.1, -0.05) is 37.5 Å². The van der Waals surface area contributed by atoms with Gasteiger partial charge in [0.25, 0.3) is 0 Å². The normalized spacial score (nSPS) is 15.5. The fourth-order valence-electron chi connectivity index (χ4n) is 3.03. The van der Waals surface area contributed by atoms with Gasteiger partial charge in [-0.2, -0.15) is 0 Å². The third-order valence-electron chi connectivity index (χ3n) is 4.30. The van der Waals surface area contributed by atoms with E-state index in [-0.39, 0.29) is 5.91 Å². The average Bonchev–Trinajstić information content (AvgIpc) is 2.56. The highest BCUT2D eigenvalue weighted by Crippen LogP contribution is 2.18. The van der Waals surface area contributed by atoms with Crippen LogP contribution in [-0.2, 0) is 11.2 Å². The highest BCUT2D eigenvalue weighted by molar-refractivity contribution is 5.76. The Labute approximate surface area is 133 Å². The van der Waals surface area contributed by atoms with Crippen LogP contribution in [0.3, 0.4) is 0 Å². The molecular formula is C18H28N2O2. The summed E-state index contributed by atoms with van der Waals surface area (Å²) in [5.74, 6) is 1.01. The smallest absolute Gasteiger partial charge is 0.221 e. The zero-order chi connectivity index (χ0) is 15.6. The fraction of sp³-hybridized carbons (Fsp3) is 0.611.